The van der Waals surface area contributed by atoms with E-state index in [4.69, 9.17) is 0 Å². The number of benzene rings is 4. The first-order valence-corrected chi connectivity index (χ1v) is 14.2. The van der Waals surface area contributed by atoms with E-state index in [2.05, 4.69) is 10.0 Å². The second-order valence-electron chi connectivity index (χ2n) is 9.37. The molecule has 7 nitrogen and oxygen atoms in total. The molecular formula is C30H25F3N2O5S. The van der Waals surface area contributed by atoms with E-state index in [1.54, 1.807) is 60.7 Å². The molecule has 3 N–H and O–H groups in total. The third kappa shape index (κ3) is 7.95. The zero-order valence-electron chi connectivity index (χ0n) is 21.6. The standard InChI is InChI=1S/C30H25F3N2O5S/c1-41(39,40)35-26-16-12-23(13-17-26)20-4-2-19(3-5-20)18-27(29(37)38)34-28(36)24-8-6-21(7-9-24)22-10-14-25(15-11-22)30(31,32)33/h2-17,27,35H,18H2,1H3,(H,34,36)(H,37,38)/t27-/m0/s1. The quantitative estimate of drug-likeness (QED) is 0.230. The number of rotatable bonds is 9. The molecule has 4 rings (SSSR count). The minimum absolute atomic E-state index is 0.0300. The number of sulfonamides is 1. The molecule has 0 aliphatic rings. The highest BCUT2D eigenvalue weighted by Gasteiger charge is 2.30. The van der Waals surface area contributed by atoms with Crippen LogP contribution in [-0.2, 0) is 27.4 Å². The summed E-state index contributed by atoms with van der Waals surface area (Å²) in [4.78, 5) is 24.6. The molecule has 0 spiro atoms. The van der Waals surface area contributed by atoms with Crippen LogP contribution in [0.4, 0.5) is 18.9 Å². The highest BCUT2D eigenvalue weighted by molar-refractivity contribution is 7.92. The molecule has 0 aliphatic carbocycles. The maximum atomic E-state index is 12.8. The van der Waals surface area contributed by atoms with Gasteiger partial charge in [0.1, 0.15) is 6.04 Å². The van der Waals surface area contributed by atoms with Gasteiger partial charge in [0.05, 0.1) is 11.8 Å². The molecule has 0 aliphatic heterocycles. The van der Waals surface area contributed by atoms with Gasteiger partial charge in [0.2, 0.25) is 10.0 Å². The summed E-state index contributed by atoms with van der Waals surface area (Å²) in [5.41, 5.74) is 3.37. The number of carbonyl (C=O) groups is 2. The Labute approximate surface area is 234 Å². The second-order valence-corrected chi connectivity index (χ2v) is 11.1. The van der Waals surface area contributed by atoms with Crippen molar-refractivity contribution in [2.24, 2.45) is 0 Å². The molecule has 4 aromatic rings. The van der Waals surface area contributed by atoms with Crippen LogP contribution in [0.2, 0.25) is 0 Å². The van der Waals surface area contributed by atoms with Crippen molar-refractivity contribution in [1.29, 1.82) is 0 Å². The van der Waals surface area contributed by atoms with E-state index < -0.39 is 39.7 Å². The highest BCUT2D eigenvalue weighted by atomic mass is 32.2. The van der Waals surface area contributed by atoms with Gasteiger partial charge in [-0.25, -0.2) is 13.2 Å². The summed E-state index contributed by atoms with van der Waals surface area (Å²) < 4.78 is 63.5. The van der Waals surface area contributed by atoms with E-state index in [9.17, 15) is 36.3 Å². The summed E-state index contributed by atoms with van der Waals surface area (Å²) >= 11 is 0. The van der Waals surface area contributed by atoms with Crippen molar-refractivity contribution in [3.63, 3.8) is 0 Å². The van der Waals surface area contributed by atoms with Crippen LogP contribution >= 0.6 is 0 Å². The lowest BCUT2D eigenvalue weighted by atomic mass is 10.00. The van der Waals surface area contributed by atoms with Crippen molar-refractivity contribution in [3.8, 4) is 22.3 Å². The number of anilines is 1. The number of alkyl halides is 3. The second kappa shape index (κ2) is 11.8. The van der Waals surface area contributed by atoms with Gasteiger partial charge in [0.25, 0.3) is 5.91 Å². The van der Waals surface area contributed by atoms with Crippen molar-refractivity contribution in [3.05, 3.63) is 114 Å². The van der Waals surface area contributed by atoms with Gasteiger partial charge in [-0.2, -0.15) is 13.2 Å². The topological polar surface area (TPSA) is 113 Å². The predicted octanol–water partition coefficient (Wildman–Crippen LogP) is 5.84. The number of aliphatic carboxylic acids is 1. The van der Waals surface area contributed by atoms with Gasteiger partial charge in [0, 0.05) is 17.7 Å². The molecule has 0 unspecified atom stereocenters. The smallest absolute Gasteiger partial charge is 0.416 e. The summed E-state index contributed by atoms with van der Waals surface area (Å²) in [6.07, 6.45) is -3.34. The van der Waals surface area contributed by atoms with Crippen molar-refractivity contribution < 1.29 is 36.3 Å². The highest BCUT2D eigenvalue weighted by Crippen LogP contribution is 2.31. The van der Waals surface area contributed by atoms with Crippen LogP contribution in [0.3, 0.4) is 0 Å². The Kier molecular flexibility index (Phi) is 8.48. The number of hydrogen-bond donors (Lipinski definition) is 3. The van der Waals surface area contributed by atoms with Gasteiger partial charge >= 0.3 is 12.1 Å². The normalized spacial score (nSPS) is 12.4. The fraction of sp³-hybridized carbons (Fsp3) is 0.133. The van der Waals surface area contributed by atoms with Crippen LogP contribution in [0.15, 0.2) is 97.1 Å². The Bertz CT molecular complexity index is 1640. The van der Waals surface area contributed by atoms with Crippen LogP contribution in [0.25, 0.3) is 22.3 Å². The fourth-order valence-electron chi connectivity index (χ4n) is 4.12. The maximum Gasteiger partial charge on any atom is 0.416 e. The van der Waals surface area contributed by atoms with Crippen LogP contribution in [-0.4, -0.2) is 37.7 Å². The van der Waals surface area contributed by atoms with Crippen molar-refractivity contribution >= 4 is 27.6 Å². The molecule has 1 atom stereocenters. The number of amides is 1. The zero-order chi connectivity index (χ0) is 29.8. The Balaban J connectivity index is 1.39. The van der Waals surface area contributed by atoms with E-state index in [1.807, 2.05) is 0 Å². The lowest BCUT2D eigenvalue weighted by molar-refractivity contribution is -0.139. The first kappa shape index (κ1) is 29.3. The minimum Gasteiger partial charge on any atom is -0.480 e. The average molecular weight is 583 g/mol. The van der Waals surface area contributed by atoms with Gasteiger partial charge in [0.15, 0.2) is 0 Å². The molecule has 4 aromatic carbocycles. The summed E-state index contributed by atoms with van der Waals surface area (Å²) in [7, 11) is -3.38. The van der Waals surface area contributed by atoms with Crippen LogP contribution in [0.1, 0.15) is 21.5 Å². The predicted molar refractivity (Wildman–Crippen MR) is 150 cm³/mol. The largest absolute Gasteiger partial charge is 0.480 e. The molecule has 0 fully saturated rings. The monoisotopic (exact) mass is 582 g/mol. The number of halogens is 3. The van der Waals surface area contributed by atoms with E-state index >= 15 is 0 Å². The molecule has 1 amide bonds. The fourth-order valence-corrected chi connectivity index (χ4v) is 4.69. The summed E-state index contributed by atoms with van der Waals surface area (Å²) in [5, 5.41) is 12.2. The molecule has 0 heterocycles. The van der Waals surface area contributed by atoms with Crippen LogP contribution in [0.5, 0.6) is 0 Å². The molecule has 0 bridgehead atoms. The van der Waals surface area contributed by atoms with Crippen molar-refractivity contribution in [2.75, 3.05) is 11.0 Å². The third-order valence-corrected chi connectivity index (χ3v) is 6.82. The number of nitrogens with one attached hydrogen (secondary N) is 2. The van der Waals surface area contributed by atoms with Gasteiger partial charge < -0.3 is 10.4 Å². The van der Waals surface area contributed by atoms with E-state index in [1.165, 1.54) is 24.3 Å². The average Bonchev–Trinajstić information content (AvgIpc) is 2.92. The Hall–Kier alpha value is -4.64. The zero-order valence-corrected chi connectivity index (χ0v) is 22.5. The number of carboxylic acid groups (broad SMARTS) is 1. The van der Waals surface area contributed by atoms with Gasteiger partial charge in [-0.15, -0.1) is 0 Å². The van der Waals surface area contributed by atoms with Crippen LogP contribution < -0.4 is 10.0 Å². The maximum absolute atomic E-state index is 12.8. The van der Waals surface area contributed by atoms with E-state index in [-0.39, 0.29) is 12.0 Å². The molecule has 11 heteroatoms. The van der Waals surface area contributed by atoms with Crippen molar-refractivity contribution in [2.45, 2.75) is 18.6 Å². The third-order valence-electron chi connectivity index (χ3n) is 6.21. The summed E-state index contributed by atoms with van der Waals surface area (Å²) in [6, 6.07) is 23.4. The molecule has 0 aromatic heterocycles. The SMILES string of the molecule is CS(=O)(=O)Nc1ccc(-c2ccc(C[C@H](NC(=O)c3ccc(-c4ccc(C(F)(F)F)cc4)cc3)C(=O)O)cc2)cc1. The Morgan fingerprint density at radius 3 is 1.63 bits per heavy atom. The minimum atomic E-state index is -4.43. The first-order valence-electron chi connectivity index (χ1n) is 12.3. The van der Waals surface area contributed by atoms with Gasteiger partial charge in [-0.1, -0.05) is 60.7 Å². The van der Waals surface area contributed by atoms with Gasteiger partial charge in [-0.3, -0.25) is 9.52 Å². The molecular weight excluding hydrogens is 557 g/mol. The van der Waals surface area contributed by atoms with E-state index in [0.717, 1.165) is 29.5 Å². The molecule has 0 radical (unpaired) electrons. The molecule has 0 saturated heterocycles. The van der Waals surface area contributed by atoms with Gasteiger partial charge in [-0.05, 0) is 64.2 Å². The van der Waals surface area contributed by atoms with Crippen LogP contribution in [0, 0.1) is 0 Å². The molecule has 212 valence electrons. The molecule has 0 saturated carbocycles. The number of carboxylic acids is 1. The Morgan fingerprint density at radius 2 is 1.20 bits per heavy atom. The van der Waals surface area contributed by atoms with Crippen molar-refractivity contribution in [1.82, 2.24) is 5.32 Å². The number of hydrogen-bond acceptors (Lipinski definition) is 4. The Morgan fingerprint density at radius 1 is 0.756 bits per heavy atom. The van der Waals surface area contributed by atoms with E-state index in [0.29, 0.717) is 22.4 Å². The number of carbonyl (C=O) groups excluding carboxylic acids is 1. The summed E-state index contributed by atoms with van der Waals surface area (Å²) in [6.45, 7) is 0. The summed E-state index contributed by atoms with van der Waals surface area (Å²) in [5.74, 6) is -1.81. The first-order chi connectivity index (χ1) is 19.3. The lowest BCUT2D eigenvalue weighted by Crippen LogP contribution is -2.42. The lowest BCUT2D eigenvalue weighted by Gasteiger charge is -2.15. The molecule has 41 heavy (non-hydrogen) atoms.